The van der Waals surface area contributed by atoms with Crippen LogP contribution in [0, 0.1) is 10.8 Å². The normalized spacial score (nSPS) is 45.5. The van der Waals surface area contributed by atoms with Gasteiger partial charge in [0, 0.05) is 0 Å². The number of aliphatic carboxylic acids is 1. The lowest BCUT2D eigenvalue weighted by atomic mass is 9.73. The van der Waals surface area contributed by atoms with Crippen LogP contribution in [0.25, 0.3) is 0 Å². The maximum Gasteiger partial charge on any atom is 0.310 e. The lowest BCUT2D eigenvalue weighted by molar-refractivity contribution is -0.152. The summed E-state index contributed by atoms with van der Waals surface area (Å²) in [7, 11) is 0. The molecule has 3 N–H and O–H groups in total. The molecule has 2 fully saturated rings. The van der Waals surface area contributed by atoms with Crippen LogP contribution in [0.4, 0.5) is 0 Å². The highest BCUT2D eigenvalue weighted by Gasteiger charge is 2.81. The molecule has 0 heterocycles. The zero-order valence-electron chi connectivity index (χ0n) is 5.96. The van der Waals surface area contributed by atoms with Gasteiger partial charge in [-0.05, 0) is 19.3 Å². The monoisotopic (exact) mass is 155 g/mol. The topological polar surface area (TPSA) is 80.4 Å². The molecule has 0 radical (unpaired) electrons. The van der Waals surface area contributed by atoms with E-state index in [2.05, 4.69) is 0 Å². The molecule has 0 aliphatic heterocycles. The number of amides is 1. The van der Waals surface area contributed by atoms with Gasteiger partial charge >= 0.3 is 5.97 Å². The van der Waals surface area contributed by atoms with Crippen LogP contribution in [-0.2, 0) is 9.59 Å². The van der Waals surface area contributed by atoms with Crippen LogP contribution in [0.1, 0.15) is 19.3 Å². The van der Waals surface area contributed by atoms with Gasteiger partial charge < -0.3 is 10.8 Å². The number of carboxylic acids is 1. The molecule has 0 saturated heterocycles. The molecule has 1 amide bonds. The first-order chi connectivity index (χ1) is 5.05. The molecule has 2 unspecified atom stereocenters. The number of carbonyl (C=O) groups excluding carboxylic acids is 1. The summed E-state index contributed by atoms with van der Waals surface area (Å²) in [6.07, 6.45) is 1.74. The van der Waals surface area contributed by atoms with E-state index in [0.29, 0.717) is 19.3 Å². The molecule has 11 heavy (non-hydrogen) atoms. The average molecular weight is 155 g/mol. The predicted molar refractivity (Wildman–Crippen MR) is 35.5 cm³/mol. The van der Waals surface area contributed by atoms with Gasteiger partial charge in [-0.15, -0.1) is 0 Å². The molecule has 4 nitrogen and oxygen atoms in total. The highest BCUT2D eigenvalue weighted by molar-refractivity contribution is 5.97. The van der Waals surface area contributed by atoms with E-state index in [0.717, 1.165) is 0 Å². The standard InChI is InChI=1S/C7H9NO3/c8-4(9)6-1-2-7(6,3-6)5(10)11/h1-3H2,(H2,8,9)(H,10,11). The van der Waals surface area contributed by atoms with Gasteiger partial charge in [-0.3, -0.25) is 9.59 Å². The van der Waals surface area contributed by atoms with Crippen LogP contribution in [-0.4, -0.2) is 17.0 Å². The lowest BCUT2D eigenvalue weighted by Crippen LogP contribution is -2.41. The Morgan fingerprint density at radius 1 is 1.27 bits per heavy atom. The lowest BCUT2D eigenvalue weighted by Gasteiger charge is -2.29. The second-order valence-corrected chi connectivity index (χ2v) is 3.51. The van der Waals surface area contributed by atoms with E-state index < -0.39 is 22.7 Å². The molecule has 0 bridgehead atoms. The number of hydrogen-bond donors (Lipinski definition) is 2. The molecule has 60 valence electrons. The second-order valence-electron chi connectivity index (χ2n) is 3.51. The summed E-state index contributed by atoms with van der Waals surface area (Å²) in [5, 5.41) is 8.74. The van der Waals surface area contributed by atoms with E-state index >= 15 is 0 Å². The molecule has 2 atom stereocenters. The van der Waals surface area contributed by atoms with Crippen molar-refractivity contribution < 1.29 is 14.7 Å². The third kappa shape index (κ3) is 0.450. The summed E-state index contributed by atoms with van der Waals surface area (Å²) in [6.45, 7) is 0. The summed E-state index contributed by atoms with van der Waals surface area (Å²) in [5.41, 5.74) is 3.69. The number of carbonyl (C=O) groups is 2. The van der Waals surface area contributed by atoms with Crippen molar-refractivity contribution in [2.24, 2.45) is 16.6 Å². The predicted octanol–water partition coefficient (Wildman–Crippen LogP) is -0.273. The molecule has 2 saturated carbocycles. The molecular weight excluding hydrogens is 146 g/mol. The summed E-state index contributed by atoms with van der Waals surface area (Å²) >= 11 is 0. The summed E-state index contributed by atoms with van der Waals surface area (Å²) in [5.74, 6) is -1.30. The minimum atomic E-state index is -0.859. The largest absolute Gasteiger partial charge is 0.481 e. The first kappa shape index (κ1) is 6.64. The minimum absolute atomic E-state index is 0.439. The van der Waals surface area contributed by atoms with Crippen LogP contribution >= 0.6 is 0 Å². The Balaban J connectivity index is 2.27. The zero-order chi connectivity index (χ0) is 8.28. The fourth-order valence-electron chi connectivity index (χ4n) is 2.21. The molecule has 0 aromatic rings. The Morgan fingerprint density at radius 3 is 1.91 bits per heavy atom. The quantitative estimate of drug-likeness (QED) is 0.575. The Kier molecular flexibility index (Phi) is 0.855. The van der Waals surface area contributed by atoms with Crippen LogP contribution in [0.5, 0.6) is 0 Å². The van der Waals surface area contributed by atoms with Crippen molar-refractivity contribution in [1.82, 2.24) is 0 Å². The molecule has 0 spiro atoms. The van der Waals surface area contributed by atoms with Gasteiger partial charge in [0.05, 0.1) is 10.8 Å². The summed E-state index contributed by atoms with van der Waals surface area (Å²) in [4.78, 5) is 21.5. The van der Waals surface area contributed by atoms with Crippen molar-refractivity contribution in [3.8, 4) is 0 Å². The van der Waals surface area contributed by atoms with E-state index in [9.17, 15) is 9.59 Å². The molecule has 2 aliphatic carbocycles. The molecular formula is C7H9NO3. The average Bonchev–Trinajstić information content (AvgIpc) is 2.31. The minimum Gasteiger partial charge on any atom is -0.481 e. The van der Waals surface area contributed by atoms with Crippen LogP contribution < -0.4 is 5.73 Å². The van der Waals surface area contributed by atoms with Crippen molar-refractivity contribution in [2.45, 2.75) is 19.3 Å². The Bertz CT molecular complexity index is 236. The molecule has 0 aromatic heterocycles. The van der Waals surface area contributed by atoms with Crippen LogP contribution in [0.3, 0.4) is 0 Å². The number of carboxylic acid groups (broad SMARTS) is 1. The maximum atomic E-state index is 10.8. The third-order valence-corrected chi connectivity index (χ3v) is 3.25. The number of rotatable bonds is 2. The zero-order valence-corrected chi connectivity index (χ0v) is 5.96. The fraction of sp³-hybridized carbons (Fsp3) is 0.714. The van der Waals surface area contributed by atoms with Gasteiger partial charge in [0.15, 0.2) is 0 Å². The smallest absolute Gasteiger partial charge is 0.310 e. The highest BCUT2D eigenvalue weighted by atomic mass is 16.4. The summed E-state index contributed by atoms with van der Waals surface area (Å²) in [6, 6.07) is 0. The van der Waals surface area contributed by atoms with Crippen LogP contribution in [0.2, 0.25) is 0 Å². The van der Waals surface area contributed by atoms with Crippen molar-refractivity contribution in [3.05, 3.63) is 0 Å². The van der Waals surface area contributed by atoms with E-state index in [1.54, 1.807) is 0 Å². The first-order valence-corrected chi connectivity index (χ1v) is 3.58. The molecule has 2 rings (SSSR count). The van der Waals surface area contributed by atoms with Gasteiger partial charge in [0.1, 0.15) is 0 Å². The van der Waals surface area contributed by atoms with E-state index in [-0.39, 0.29) is 0 Å². The van der Waals surface area contributed by atoms with Gasteiger partial charge in [-0.1, -0.05) is 0 Å². The second kappa shape index (κ2) is 1.42. The van der Waals surface area contributed by atoms with Crippen molar-refractivity contribution >= 4 is 11.9 Å². The molecule has 0 aromatic carbocycles. The number of fused-ring (bicyclic) bond motifs is 1. The Hall–Kier alpha value is -1.06. The van der Waals surface area contributed by atoms with Crippen LogP contribution in [0.15, 0.2) is 0 Å². The summed E-state index contributed by atoms with van der Waals surface area (Å²) < 4.78 is 0. The van der Waals surface area contributed by atoms with Gasteiger partial charge in [-0.25, -0.2) is 0 Å². The van der Waals surface area contributed by atoms with Gasteiger partial charge in [0.2, 0.25) is 5.91 Å². The number of nitrogens with two attached hydrogens (primary N) is 1. The van der Waals surface area contributed by atoms with Crippen molar-refractivity contribution in [2.75, 3.05) is 0 Å². The number of primary amides is 1. The van der Waals surface area contributed by atoms with Gasteiger partial charge in [-0.2, -0.15) is 0 Å². The highest BCUT2D eigenvalue weighted by Crippen LogP contribution is 2.77. The number of hydrogen-bond acceptors (Lipinski definition) is 2. The van der Waals surface area contributed by atoms with Gasteiger partial charge in [0.25, 0.3) is 0 Å². The van der Waals surface area contributed by atoms with E-state index in [1.165, 1.54) is 0 Å². The van der Waals surface area contributed by atoms with Crippen molar-refractivity contribution in [3.63, 3.8) is 0 Å². The van der Waals surface area contributed by atoms with E-state index in [1.807, 2.05) is 0 Å². The maximum absolute atomic E-state index is 10.8. The fourth-order valence-corrected chi connectivity index (χ4v) is 2.21. The molecule has 4 heteroatoms. The Morgan fingerprint density at radius 2 is 1.82 bits per heavy atom. The third-order valence-electron chi connectivity index (χ3n) is 3.25. The first-order valence-electron chi connectivity index (χ1n) is 3.58. The van der Waals surface area contributed by atoms with Crippen molar-refractivity contribution in [1.29, 1.82) is 0 Å². The molecule has 2 aliphatic rings. The SMILES string of the molecule is NC(=O)C12CCC1(C(=O)O)C2. The Labute approximate surface area is 63.4 Å². The van der Waals surface area contributed by atoms with E-state index in [4.69, 9.17) is 10.8 Å².